The van der Waals surface area contributed by atoms with Crippen LogP contribution in [0.2, 0.25) is 0 Å². The van der Waals surface area contributed by atoms with Gasteiger partial charge in [0.2, 0.25) is 0 Å². The molecule has 1 heterocycles. The normalized spacial score (nSPS) is 17.2. The zero-order chi connectivity index (χ0) is 14.4. The van der Waals surface area contributed by atoms with E-state index in [-0.39, 0.29) is 6.10 Å². The molecule has 1 N–H and O–H groups in total. The molecular weight excluding hydrogens is 264 g/mol. The van der Waals surface area contributed by atoms with Crippen LogP contribution in [0.4, 0.5) is 0 Å². The van der Waals surface area contributed by atoms with Crippen LogP contribution < -0.4 is 0 Å². The maximum absolute atomic E-state index is 11.7. The highest BCUT2D eigenvalue weighted by Gasteiger charge is 2.26. The molecule has 0 spiro atoms. The van der Waals surface area contributed by atoms with Gasteiger partial charge in [0.1, 0.15) is 0 Å². The van der Waals surface area contributed by atoms with E-state index in [4.69, 9.17) is 4.74 Å². The number of hydrogen-bond donors (Lipinski definition) is 1. The van der Waals surface area contributed by atoms with Gasteiger partial charge >= 0.3 is 5.97 Å². The van der Waals surface area contributed by atoms with Gasteiger partial charge in [0, 0.05) is 6.42 Å². The number of aromatic carboxylic acids is 1. The lowest BCUT2D eigenvalue weighted by Crippen LogP contribution is -2.06. The Labute approximate surface area is 121 Å². The molecule has 0 radical (unpaired) electrons. The van der Waals surface area contributed by atoms with E-state index in [1.807, 2.05) is 42.5 Å². The third kappa shape index (κ3) is 2.16. The summed E-state index contributed by atoms with van der Waals surface area (Å²) < 4.78 is 5.24. The second-order valence-electron chi connectivity index (χ2n) is 5.48. The third-order valence-corrected chi connectivity index (χ3v) is 4.04. The zero-order valence-corrected chi connectivity index (χ0v) is 11.4. The van der Waals surface area contributed by atoms with Gasteiger partial charge in [-0.05, 0) is 39.2 Å². The van der Waals surface area contributed by atoms with Gasteiger partial charge in [-0.2, -0.15) is 0 Å². The van der Waals surface area contributed by atoms with E-state index in [0.29, 0.717) is 12.0 Å². The smallest absolute Gasteiger partial charge is 0.336 e. The molecule has 1 saturated heterocycles. The lowest BCUT2D eigenvalue weighted by Gasteiger charge is -2.10. The van der Waals surface area contributed by atoms with Crippen molar-refractivity contribution in [2.45, 2.75) is 12.5 Å². The van der Waals surface area contributed by atoms with Crippen LogP contribution in [0.25, 0.3) is 21.5 Å². The average molecular weight is 278 g/mol. The number of carboxylic acid groups (broad SMARTS) is 1. The summed E-state index contributed by atoms with van der Waals surface area (Å²) in [7, 11) is 0. The molecule has 3 aromatic rings. The van der Waals surface area contributed by atoms with E-state index in [9.17, 15) is 9.90 Å². The lowest BCUT2D eigenvalue weighted by molar-refractivity contribution is 0.0698. The first-order valence-electron chi connectivity index (χ1n) is 7.01. The molecule has 0 aliphatic carbocycles. The van der Waals surface area contributed by atoms with Crippen LogP contribution in [-0.2, 0) is 11.2 Å². The predicted octanol–water partition coefficient (Wildman–Crippen LogP) is 3.63. The van der Waals surface area contributed by atoms with E-state index in [1.165, 1.54) is 0 Å². The minimum Gasteiger partial charge on any atom is -0.478 e. The van der Waals surface area contributed by atoms with Crippen molar-refractivity contribution < 1.29 is 14.6 Å². The van der Waals surface area contributed by atoms with E-state index in [1.54, 1.807) is 0 Å². The highest BCUT2D eigenvalue weighted by Crippen LogP contribution is 2.29. The topological polar surface area (TPSA) is 49.8 Å². The minimum absolute atomic E-state index is 0.181. The molecular formula is C18H14O3. The first-order valence-corrected chi connectivity index (χ1v) is 7.01. The zero-order valence-electron chi connectivity index (χ0n) is 11.4. The monoisotopic (exact) mass is 278 g/mol. The van der Waals surface area contributed by atoms with Crippen LogP contribution in [0.5, 0.6) is 0 Å². The molecule has 1 atom stereocenters. The Bertz CT molecular complexity index is 863. The lowest BCUT2D eigenvalue weighted by atomic mass is 9.94. The molecule has 4 rings (SSSR count). The van der Waals surface area contributed by atoms with Crippen molar-refractivity contribution in [3.05, 3.63) is 59.7 Å². The molecule has 3 heteroatoms. The number of carbonyl (C=O) groups is 1. The summed E-state index contributed by atoms with van der Waals surface area (Å²) in [5, 5.41) is 13.6. The van der Waals surface area contributed by atoms with Gasteiger partial charge < -0.3 is 9.84 Å². The maximum atomic E-state index is 11.7. The van der Waals surface area contributed by atoms with Gasteiger partial charge in [-0.15, -0.1) is 0 Å². The first-order chi connectivity index (χ1) is 10.2. The summed E-state index contributed by atoms with van der Waals surface area (Å²) in [5.41, 5.74) is 1.27. The molecule has 104 valence electrons. The number of rotatable bonds is 3. The summed E-state index contributed by atoms with van der Waals surface area (Å²) >= 11 is 0. The highest BCUT2D eigenvalue weighted by atomic mass is 16.6. The maximum Gasteiger partial charge on any atom is 0.336 e. The molecule has 21 heavy (non-hydrogen) atoms. The largest absolute Gasteiger partial charge is 0.478 e. The molecule has 0 aromatic heterocycles. The van der Waals surface area contributed by atoms with E-state index >= 15 is 0 Å². The van der Waals surface area contributed by atoms with E-state index in [2.05, 4.69) is 6.07 Å². The van der Waals surface area contributed by atoms with Gasteiger partial charge in [-0.1, -0.05) is 36.4 Å². The van der Waals surface area contributed by atoms with Crippen molar-refractivity contribution in [3.8, 4) is 0 Å². The Balaban J connectivity index is 2.01. The molecule has 1 aliphatic heterocycles. The molecule has 1 unspecified atom stereocenters. The molecule has 0 amide bonds. The predicted molar refractivity (Wildman–Crippen MR) is 81.9 cm³/mol. The van der Waals surface area contributed by atoms with Crippen molar-refractivity contribution >= 4 is 27.5 Å². The van der Waals surface area contributed by atoms with Gasteiger partial charge in [0.25, 0.3) is 0 Å². The number of fused-ring (bicyclic) bond motifs is 2. The van der Waals surface area contributed by atoms with Crippen molar-refractivity contribution in [2.24, 2.45) is 0 Å². The number of ether oxygens (including phenoxy) is 1. The summed E-state index contributed by atoms with van der Waals surface area (Å²) in [6.45, 7) is 0.731. The van der Waals surface area contributed by atoms with Crippen LogP contribution >= 0.6 is 0 Å². The number of hydrogen-bond acceptors (Lipinski definition) is 2. The van der Waals surface area contributed by atoms with Gasteiger partial charge in [0.05, 0.1) is 18.3 Å². The summed E-state index contributed by atoms with van der Waals surface area (Å²) in [5.74, 6) is -0.869. The Kier molecular flexibility index (Phi) is 2.69. The van der Waals surface area contributed by atoms with Crippen molar-refractivity contribution in [2.75, 3.05) is 6.61 Å². The Morgan fingerprint density at radius 2 is 1.81 bits per heavy atom. The van der Waals surface area contributed by atoms with Crippen LogP contribution in [0.1, 0.15) is 15.9 Å². The summed E-state index contributed by atoms with van der Waals surface area (Å²) in [6, 6.07) is 16.0. The molecule has 1 fully saturated rings. The molecule has 0 bridgehead atoms. The standard InChI is InChI=1S/C18H14O3/c19-18(20)17-14(8-15-10-21-15)6-5-13-7-11-3-1-2-4-12(11)9-16(13)17/h1-7,9,15H,8,10H2,(H,19,20). The number of carboxylic acids is 1. The second kappa shape index (κ2) is 4.57. The molecule has 3 aromatic carbocycles. The fourth-order valence-corrected chi connectivity index (χ4v) is 2.91. The second-order valence-corrected chi connectivity index (χ2v) is 5.48. The fourth-order valence-electron chi connectivity index (χ4n) is 2.91. The van der Waals surface area contributed by atoms with Gasteiger partial charge in [0.15, 0.2) is 0 Å². The number of benzene rings is 3. The van der Waals surface area contributed by atoms with Crippen LogP contribution in [0.3, 0.4) is 0 Å². The summed E-state index contributed by atoms with van der Waals surface area (Å²) in [6.07, 6.45) is 0.853. The van der Waals surface area contributed by atoms with Crippen LogP contribution in [-0.4, -0.2) is 23.8 Å². The van der Waals surface area contributed by atoms with E-state index < -0.39 is 5.97 Å². The van der Waals surface area contributed by atoms with Crippen molar-refractivity contribution in [1.82, 2.24) is 0 Å². The highest BCUT2D eigenvalue weighted by molar-refractivity contribution is 6.09. The van der Waals surface area contributed by atoms with Crippen LogP contribution in [0, 0.1) is 0 Å². The van der Waals surface area contributed by atoms with Gasteiger partial charge in [-0.25, -0.2) is 4.79 Å². The Morgan fingerprint density at radius 3 is 2.48 bits per heavy atom. The molecule has 1 aliphatic rings. The van der Waals surface area contributed by atoms with E-state index in [0.717, 1.165) is 33.7 Å². The van der Waals surface area contributed by atoms with Crippen molar-refractivity contribution in [1.29, 1.82) is 0 Å². The van der Waals surface area contributed by atoms with Crippen molar-refractivity contribution in [3.63, 3.8) is 0 Å². The summed E-state index contributed by atoms with van der Waals surface area (Å²) in [4.78, 5) is 11.7. The van der Waals surface area contributed by atoms with Crippen LogP contribution in [0.15, 0.2) is 48.5 Å². The first kappa shape index (κ1) is 12.4. The Morgan fingerprint density at radius 1 is 1.10 bits per heavy atom. The SMILES string of the molecule is O=C(O)c1c(CC2CO2)ccc2cc3ccccc3cc12. The molecule has 0 saturated carbocycles. The third-order valence-electron chi connectivity index (χ3n) is 4.04. The Hall–Kier alpha value is -2.39. The average Bonchev–Trinajstić information content (AvgIpc) is 3.28. The van der Waals surface area contributed by atoms with Gasteiger partial charge in [-0.3, -0.25) is 0 Å². The molecule has 3 nitrogen and oxygen atoms in total. The minimum atomic E-state index is -0.869. The number of epoxide rings is 1. The fraction of sp³-hybridized carbons (Fsp3) is 0.167. The quantitative estimate of drug-likeness (QED) is 0.588.